The summed E-state index contributed by atoms with van der Waals surface area (Å²) >= 11 is 0. The Hall–Kier alpha value is -3.88. The molecule has 0 radical (unpaired) electrons. The Bertz CT molecular complexity index is 832. The lowest BCUT2D eigenvalue weighted by molar-refractivity contribution is -0.126. The predicted molar refractivity (Wildman–Crippen MR) is 101 cm³/mol. The number of rotatable bonds is 8. The summed E-state index contributed by atoms with van der Waals surface area (Å²) in [6, 6.07) is 12.1. The number of carbonyl (C=O) groups is 4. The molecule has 0 heterocycles. The average Bonchev–Trinajstić information content (AvgIpc) is 2.68. The summed E-state index contributed by atoms with van der Waals surface area (Å²) in [6.07, 6.45) is -2.07. The Morgan fingerprint density at radius 1 is 0.655 bits per heavy atom. The SMILES string of the molecule is C[C@H](OC(=O)c1ccc(Oc2ccc(C(=O)O[C@@H](C)C(N)=O)cc2)cc1)C(N)=O. The average molecular weight is 400 g/mol. The van der Waals surface area contributed by atoms with E-state index in [1.54, 1.807) is 24.3 Å². The lowest BCUT2D eigenvalue weighted by atomic mass is 10.2. The van der Waals surface area contributed by atoms with Gasteiger partial charge in [-0.25, -0.2) is 9.59 Å². The molecule has 9 heteroatoms. The molecular weight excluding hydrogens is 380 g/mol. The summed E-state index contributed by atoms with van der Waals surface area (Å²) in [6.45, 7) is 2.76. The zero-order valence-corrected chi connectivity index (χ0v) is 15.8. The van der Waals surface area contributed by atoms with Crippen molar-refractivity contribution in [2.24, 2.45) is 11.5 Å². The molecule has 0 fully saturated rings. The van der Waals surface area contributed by atoms with Crippen LogP contribution in [0.4, 0.5) is 0 Å². The van der Waals surface area contributed by atoms with Crippen LogP contribution < -0.4 is 16.2 Å². The maximum Gasteiger partial charge on any atom is 0.338 e. The molecule has 0 spiro atoms. The van der Waals surface area contributed by atoms with E-state index >= 15 is 0 Å². The predicted octanol–water partition coefficient (Wildman–Crippen LogP) is 1.54. The second kappa shape index (κ2) is 9.36. The number of carbonyl (C=O) groups excluding carboxylic acids is 4. The van der Waals surface area contributed by atoms with Gasteiger partial charge in [-0.1, -0.05) is 0 Å². The summed E-state index contributed by atoms with van der Waals surface area (Å²) in [5, 5.41) is 0. The van der Waals surface area contributed by atoms with Crippen LogP contribution in [0.2, 0.25) is 0 Å². The normalized spacial score (nSPS) is 12.3. The molecule has 0 aliphatic carbocycles. The number of benzene rings is 2. The molecule has 2 aromatic rings. The van der Waals surface area contributed by atoms with E-state index in [9.17, 15) is 19.2 Å². The largest absolute Gasteiger partial charge is 0.457 e. The Kier molecular flexibility index (Phi) is 6.91. The van der Waals surface area contributed by atoms with Crippen molar-refractivity contribution in [3.8, 4) is 11.5 Å². The first-order chi connectivity index (χ1) is 13.7. The van der Waals surface area contributed by atoms with Gasteiger partial charge in [0.25, 0.3) is 11.8 Å². The smallest absolute Gasteiger partial charge is 0.338 e. The summed E-state index contributed by atoms with van der Waals surface area (Å²) in [5.41, 5.74) is 10.6. The minimum Gasteiger partial charge on any atom is -0.457 e. The third-order valence-electron chi connectivity index (χ3n) is 3.78. The Balaban J connectivity index is 1.98. The van der Waals surface area contributed by atoms with Gasteiger partial charge in [0.1, 0.15) is 11.5 Å². The fourth-order valence-electron chi connectivity index (χ4n) is 2.03. The second-order valence-electron chi connectivity index (χ2n) is 6.05. The molecule has 0 saturated carbocycles. The van der Waals surface area contributed by atoms with Crippen LogP contribution in [0.3, 0.4) is 0 Å². The number of primary amides is 2. The standard InChI is InChI=1S/C20H20N2O7/c1-11(17(21)23)27-19(25)13-3-7-15(8-4-13)29-16-9-5-14(6-10-16)20(26)28-12(2)18(22)24/h3-12H,1-2H3,(H2,21,23)(H2,22,24)/t11-,12-/m0/s1. The van der Waals surface area contributed by atoms with E-state index in [0.29, 0.717) is 11.5 Å². The van der Waals surface area contributed by atoms with Crippen molar-refractivity contribution < 1.29 is 33.4 Å². The van der Waals surface area contributed by atoms with E-state index < -0.39 is 36.0 Å². The zero-order chi connectivity index (χ0) is 21.6. The van der Waals surface area contributed by atoms with Gasteiger partial charge in [-0.3, -0.25) is 9.59 Å². The molecular formula is C20H20N2O7. The first kappa shape index (κ1) is 21.4. The minimum atomic E-state index is -1.03. The highest BCUT2D eigenvalue weighted by molar-refractivity contribution is 5.92. The summed E-state index contributed by atoms with van der Waals surface area (Å²) in [5.74, 6) is -1.99. The molecule has 2 rings (SSSR count). The molecule has 152 valence electrons. The van der Waals surface area contributed by atoms with Crippen LogP contribution >= 0.6 is 0 Å². The Labute approximate surface area is 166 Å². The van der Waals surface area contributed by atoms with E-state index in [0.717, 1.165) is 0 Å². The lowest BCUT2D eigenvalue weighted by Gasteiger charge is -2.11. The molecule has 29 heavy (non-hydrogen) atoms. The molecule has 0 unspecified atom stereocenters. The summed E-state index contributed by atoms with van der Waals surface area (Å²) in [7, 11) is 0. The van der Waals surface area contributed by atoms with E-state index in [-0.39, 0.29) is 11.1 Å². The molecule has 4 N–H and O–H groups in total. The van der Waals surface area contributed by atoms with Crippen LogP contribution in [0, 0.1) is 0 Å². The summed E-state index contributed by atoms with van der Waals surface area (Å²) < 4.78 is 15.4. The first-order valence-corrected chi connectivity index (χ1v) is 8.56. The molecule has 0 aliphatic rings. The van der Waals surface area contributed by atoms with Crippen molar-refractivity contribution in [1.82, 2.24) is 0 Å². The topological polar surface area (TPSA) is 148 Å². The van der Waals surface area contributed by atoms with Crippen LogP contribution in [0.5, 0.6) is 11.5 Å². The fraction of sp³-hybridized carbons (Fsp3) is 0.200. The number of esters is 2. The molecule has 0 saturated heterocycles. The Morgan fingerprint density at radius 2 is 0.966 bits per heavy atom. The van der Waals surface area contributed by atoms with Gasteiger partial charge in [0.15, 0.2) is 12.2 Å². The van der Waals surface area contributed by atoms with Crippen molar-refractivity contribution in [3.05, 3.63) is 59.7 Å². The highest BCUT2D eigenvalue weighted by Crippen LogP contribution is 2.23. The minimum absolute atomic E-state index is 0.229. The Morgan fingerprint density at radius 3 is 1.24 bits per heavy atom. The number of ether oxygens (including phenoxy) is 3. The van der Waals surface area contributed by atoms with Crippen LogP contribution in [0.15, 0.2) is 48.5 Å². The maximum absolute atomic E-state index is 11.9. The van der Waals surface area contributed by atoms with Gasteiger partial charge in [0, 0.05) is 0 Å². The number of amides is 2. The lowest BCUT2D eigenvalue weighted by Crippen LogP contribution is -2.30. The second-order valence-corrected chi connectivity index (χ2v) is 6.05. The van der Waals surface area contributed by atoms with Gasteiger partial charge in [-0.05, 0) is 62.4 Å². The van der Waals surface area contributed by atoms with Gasteiger partial charge in [-0.15, -0.1) is 0 Å². The van der Waals surface area contributed by atoms with Gasteiger partial charge >= 0.3 is 11.9 Å². The first-order valence-electron chi connectivity index (χ1n) is 8.56. The van der Waals surface area contributed by atoms with Crippen LogP contribution in [0.25, 0.3) is 0 Å². The van der Waals surface area contributed by atoms with E-state index in [2.05, 4.69) is 0 Å². The highest BCUT2D eigenvalue weighted by atomic mass is 16.6. The number of nitrogens with two attached hydrogens (primary N) is 2. The van der Waals surface area contributed by atoms with Crippen LogP contribution in [0.1, 0.15) is 34.6 Å². The molecule has 2 amide bonds. The zero-order valence-electron chi connectivity index (χ0n) is 15.8. The third kappa shape index (κ3) is 6.06. The molecule has 0 aliphatic heterocycles. The van der Waals surface area contributed by atoms with Gasteiger partial charge in [0.2, 0.25) is 0 Å². The summed E-state index contributed by atoms with van der Waals surface area (Å²) in [4.78, 5) is 45.7. The van der Waals surface area contributed by atoms with Crippen LogP contribution in [-0.2, 0) is 19.1 Å². The van der Waals surface area contributed by atoms with Gasteiger partial charge in [0.05, 0.1) is 11.1 Å². The van der Waals surface area contributed by atoms with Crippen molar-refractivity contribution >= 4 is 23.8 Å². The molecule has 0 aromatic heterocycles. The molecule has 2 atom stereocenters. The van der Waals surface area contributed by atoms with Crippen molar-refractivity contribution in [2.75, 3.05) is 0 Å². The van der Waals surface area contributed by atoms with Crippen molar-refractivity contribution in [3.63, 3.8) is 0 Å². The van der Waals surface area contributed by atoms with E-state index in [1.807, 2.05) is 0 Å². The number of hydrogen-bond acceptors (Lipinski definition) is 7. The third-order valence-corrected chi connectivity index (χ3v) is 3.78. The molecule has 2 aromatic carbocycles. The van der Waals surface area contributed by atoms with E-state index in [1.165, 1.54) is 38.1 Å². The van der Waals surface area contributed by atoms with Crippen LogP contribution in [-0.4, -0.2) is 36.0 Å². The maximum atomic E-state index is 11.9. The highest BCUT2D eigenvalue weighted by Gasteiger charge is 2.17. The monoisotopic (exact) mass is 400 g/mol. The molecule has 9 nitrogen and oxygen atoms in total. The molecule has 0 bridgehead atoms. The van der Waals surface area contributed by atoms with Gasteiger partial charge < -0.3 is 25.7 Å². The fourth-order valence-corrected chi connectivity index (χ4v) is 2.03. The van der Waals surface area contributed by atoms with Gasteiger partial charge in [-0.2, -0.15) is 0 Å². The van der Waals surface area contributed by atoms with Crippen molar-refractivity contribution in [2.45, 2.75) is 26.1 Å². The van der Waals surface area contributed by atoms with E-state index in [4.69, 9.17) is 25.7 Å². The van der Waals surface area contributed by atoms with Crippen molar-refractivity contribution in [1.29, 1.82) is 0 Å². The number of hydrogen-bond donors (Lipinski definition) is 2. The quantitative estimate of drug-likeness (QED) is 0.638.